The molecule has 33 heavy (non-hydrogen) atoms. The third kappa shape index (κ3) is 5.13. The highest BCUT2D eigenvalue weighted by molar-refractivity contribution is 7.89. The van der Waals surface area contributed by atoms with Gasteiger partial charge in [0.2, 0.25) is 21.8 Å². The lowest BCUT2D eigenvalue weighted by Crippen LogP contribution is -2.30. The number of ketones is 1. The molecule has 0 spiro atoms. The molecule has 3 aromatic rings. The van der Waals surface area contributed by atoms with Crippen molar-refractivity contribution in [3.63, 3.8) is 0 Å². The van der Waals surface area contributed by atoms with Gasteiger partial charge in [-0.25, -0.2) is 13.2 Å². The molecule has 0 aliphatic heterocycles. The number of sulfonamides is 1. The van der Waals surface area contributed by atoms with Gasteiger partial charge in [-0.05, 0) is 19.1 Å². The van der Waals surface area contributed by atoms with Crippen LogP contribution >= 0.6 is 11.7 Å². The summed E-state index contributed by atoms with van der Waals surface area (Å²) >= 11 is 0.833. The molecule has 10 nitrogen and oxygen atoms in total. The number of esters is 1. The summed E-state index contributed by atoms with van der Waals surface area (Å²) in [5.41, 5.74) is 0.847. The third-order valence-electron chi connectivity index (χ3n) is 4.78. The molecule has 1 atom stereocenters. The van der Waals surface area contributed by atoms with Crippen LogP contribution in [0.25, 0.3) is 11.0 Å². The molecule has 0 saturated carbocycles. The zero-order valence-electron chi connectivity index (χ0n) is 18.3. The number of hydrogen-bond donors (Lipinski definition) is 0. The van der Waals surface area contributed by atoms with Crippen LogP contribution in [0.1, 0.15) is 31.1 Å². The van der Waals surface area contributed by atoms with Gasteiger partial charge in [0.1, 0.15) is 21.6 Å². The topological polar surface area (TPSA) is 131 Å². The van der Waals surface area contributed by atoms with E-state index in [0.29, 0.717) is 13.1 Å². The van der Waals surface area contributed by atoms with Crippen molar-refractivity contribution in [3.05, 3.63) is 48.0 Å². The van der Waals surface area contributed by atoms with Gasteiger partial charge in [0.15, 0.2) is 0 Å². The van der Waals surface area contributed by atoms with Gasteiger partial charge in [-0.15, -0.1) is 0 Å². The molecule has 1 aromatic heterocycles. The normalized spacial score (nSPS) is 13.0. The van der Waals surface area contributed by atoms with E-state index in [1.165, 1.54) is 16.4 Å². The fraction of sp³-hybridized carbons (Fsp3) is 0.333. The Kier molecular flexibility index (Phi) is 7.95. The van der Waals surface area contributed by atoms with E-state index in [9.17, 15) is 18.0 Å². The fourth-order valence-electron chi connectivity index (χ4n) is 3.13. The van der Waals surface area contributed by atoms with Gasteiger partial charge >= 0.3 is 5.97 Å². The molecule has 1 unspecified atom stereocenters. The Hall–Kier alpha value is -3.09. The van der Waals surface area contributed by atoms with E-state index in [1.54, 1.807) is 51.1 Å². The molecule has 2 aromatic carbocycles. The zero-order chi connectivity index (χ0) is 24.0. The van der Waals surface area contributed by atoms with E-state index in [0.717, 1.165) is 11.7 Å². The highest BCUT2D eigenvalue weighted by Gasteiger charge is 2.30. The van der Waals surface area contributed by atoms with Crippen LogP contribution in [0.5, 0.6) is 0 Å². The Morgan fingerprint density at radius 3 is 2.33 bits per heavy atom. The zero-order valence-corrected chi connectivity index (χ0v) is 20.0. The summed E-state index contributed by atoms with van der Waals surface area (Å²) in [6.45, 7) is 5.81. The molecule has 1 heterocycles. The van der Waals surface area contributed by atoms with Crippen LogP contribution in [0.2, 0.25) is 0 Å². The van der Waals surface area contributed by atoms with Crippen LogP contribution in [-0.2, 0) is 19.6 Å². The minimum atomic E-state index is -3.78. The van der Waals surface area contributed by atoms with Crippen molar-refractivity contribution in [2.75, 3.05) is 19.7 Å². The lowest BCUT2D eigenvalue weighted by molar-refractivity contribution is -0.143. The first kappa shape index (κ1) is 24.6. The predicted octanol–water partition coefficient (Wildman–Crippen LogP) is 3.62. The quantitative estimate of drug-likeness (QED) is 0.184. The largest absolute Gasteiger partial charge is 0.464 e. The summed E-state index contributed by atoms with van der Waals surface area (Å²) in [6, 6.07) is 9.53. The van der Waals surface area contributed by atoms with Crippen LogP contribution < -0.4 is 0 Å². The maximum atomic E-state index is 13.0. The predicted molar refractivity (Wildman–Crippen MR) is 123 cm³/mol. The van der Waals surface area contributed by atoms with E-state index in [1.807, 2.05) is 0 Å². The molecule has 0 fully saturated rings. The first-order valence-corrected chi connectivity index (χ1v) is 12.4. The SMILES string of the molecule is CCOC(=O)C(N=Nc1ccc(S(=O)(=O)N(CC)CC)c2nsnc12)C(=O)c1ccccc1. The molecular formula is C21H23N5O5S2. The van der Waals surface area contributed by atoms with Crippen LogP contribution in [0.3, 0.4) is 0 Å². The monoisotopic (exact) mass is 489 g/mol. The maximum Gasteiger partial charge on any atom is 0.341 e. The Morgan fingerprint density at radius 2 is 1.70 bits per heavy atom. The summed E-state index contributed by atoms with van der Waals surface area (Å²) in [6.07, 6.45) is 0. The standard InChI is InChI=1S/C21H23N5O5S2/c1-4-26(5-2)33(29,30)16-13-12-15(17-18(16)25-32-24-17)22-23-19(21(28)31-6-3)20(27)14-10-8-7-9-11-14/h7-13,19H,4-6H2,1-3H3. The molecule has 0 aliphatic rings. The summed E-state index contributed by atoms with van der Waals surface area (Å²) < 4.78 is 40.6. The van der Waals surface area contributed by atoms with Gasteiger partial charge in [0.05, 0.1) is 18.3 Å². The summed E-state index contributed by atoms with van der Waals surface area (Å²) in [5, 5.41) is 8.02. The highest BCUT2D eigenvalue weighted by atomic mass is 32.2. The van der Waals surface area contributed by atoms with E-state index in [4.69, 9.17) is 4.74 Å². The molecular weight excluding hydrogens is 466 g/mol. The molecule has 0 radical (unpaired) electrons. The second-order valence-electron chi connectivity index (χ2n) is 6.73. The van der Waals surface area contributed by atoms with Crippen LogP contribution in [0.15, 0.2) is 57.6 Å². The third-order valence-corrected chi connectivity index (χ3v) is 7.39. The van der Waals surface area contributed by atoms with Crippen molar-refractivity contribution in [2.45, 2.75) is 31.7 Å². The number of fused-ring (bicyclic) bond motifs is 1. The lowest BCUT2D eigenvalue weighted by atomic mass is 10.1. The summed E-state index contributed by atoms with van der Waals surface area (Å²) in [5.74, 6) is -1.39. The Bertz CT molecular complexity index is 1270. The van der Waals surface area contributed by atoms with Gasteiger partial charge < -0.3 is 4.74 Å². The van der Waals surface area contributed by atoms with Crippen LogP contribution in [-0.4, -0.2) is 59.0 Å². The maximum absolute atomic E-state index is 13.0. The number of benzene rings is 2. The molecule has 3 rings (SSSR count). The number of azo groups is 1. The van der Waals surface area contributed by atoms with Crippen LogP contribution in [0.4, 0.5) is 5.69 Å². The molecule has 0 N–H and O–H groups in total. The van der Waals surface area contributed by atoms with Gasteiger partial charge in [-0.3, -0.25) is 4.79 Å². The van der Waals surface area contributed by atoms with Crippen molar-refractivity contribution in [2.24, 2.45) is 10.2 Å². The number of carbonyl (C=O) groups is 2. The second-order valence-corrected chi connectivity index (χ2v) is 9.17. The molecule has 0 saturated heterocycles. The van der Waals surface area contributed by atoms with Crippen molar-refractivity contribution >= 4 is 50.2 Å². The van der Waals surface area contributed by atoms with Gasteiger partial charge in [-0.1, -0.05) is 44.2 Å². The van der Waals surface area contributed by atoms with Gasteiger partial charge in [0, 0.05) is 18.7 Å². The van der Waals surface area contributed by atoms with Crippen LogP contribution in [0, 0.1) is 0 Å². The highest BCUT2D eigenvalue weighted by Crippen LogP contribution is 2.32. The van der Waals surface area contributed by atoms with Crippen molar-refractivity contribution < 1.29 is 22.7 Å². The number of Topliss-reactive ketones (excluding diaryl/α,β-unsaturated/α-hetero) is 1. The smallest absolute Gasteiger partial charge is 0.341 e. The number of hydrogen-bond acceptors (Lipinski definition) is 10. The number of ether oxygens (including phenoxy) is 1. The number of rotatable bonds is 10. The number of nitrogens with zero attached hydrogens (tertiary/aromatic N) is 5. The van der Waals surface area contributed by atoms with E-state index in [2.05, 4.69) is 19.0 Å². The second kappa shape index (κ2) is 10.7. The molecule has 0 bridgehead atoms. The first-order valence-electron chi connectivity index (χ1n) is 10.3. The van der Waals surface area contributed by atoms with Crippen molar-refractivity contribution in [1.29, 1.82) is 0 Å². The summed E-state index contributed by atoms with van der Waals surface area (Å²) in [4.78, 5) is 25.3. The molecule has 174 valence electrons. The Balaban J connectivity index is 2.02. The average Bonchev–Trinajstić information content (AvgIpc) is 3.30. The summed E-state index contributed by atoms with van der Waals surface area (Å²) in [7, 11) is -3.78. The first-order chi connectivity index (χ1) is 15.8. The fourth-order valence-corrected chi connectivity index (χ4v) is 5.34. The van der Waals surface area contributed by atoms with Gasteiger partial charge in [-0.2, -0.15) is 23.3 Å². The van der Waals surface area contributed by atoms with E-state index in [-0.39, 0.29) is 33.8 Å². The minimum absolute atomic E-state index is 0.0104. The Labute approximate surface area is 195 Å². The molecule has 0 aliphatic carbocycles. The lowest BCUT2D eigenvalue weighted by Gasteiger charge is -2.18. The molecule has 12 heteroatoms. The van der Waals surface area contributed by atoms with Crippen molar-refractivity contribution in [3.8, 4) is 0 Å². The number of carbonyl (C=O) groups excluding carboxylic acids is 2. The number of aromatic nitrogens is 2. The van der Waals surface area contributed by atoms with E-state index >= 15 is 0 Å². The minimum Gasteiger partial charge on any atom is -0.464 e. The van der Waals surface area contributed by atoms with E-state index < -0.39 is 27.8 Å². The van der Waals surface area contributed by atoms with Crippen molar-refractivity contribution in [1.82, 2.24) is 13.1 Å². The Morgan fingerprint density at radius 1 is 1.03 bits per heavy atom. The van der Waals surface area contributed by atoms with Gasteiger partial charge in [0.25, 0.3) is 0 Å². The molecule has 0 amide bonds. The average molecular weight is 490 g/mol.